The highest BCUT2D eigenvalue weighted by molar-refractivity contribution is 9.10. The van der Waals surface area contributed by atoms with Gasteiger partial charge in [0.25, 0.3) is 5.22 Å². The van der Waals surface area contributed by atoms with Gasteiger partial charge in [-0.15, -0.1) is 10.2 Å². The summed E-state index contributed by atoms with van der Waals surface area (Å²) in [6.45, 7) is 0. The van der Waals surface area contributed by atoms with Gasteiger partial charge in [0.1, 0.15) is 0 Å². The lowest BCUT2D eigenvalue weighted by Crippen LogP contribution is -2.13. The molecule has 116 valence electrons. The van der Waals surface area contributed by atoms with Gasteiger partial charge < -0.3 is 9.73 Å². The Morgan fingerprint density at radius 2 is 2.17 bits per heavy atom. The SMILES string of the molecule is O=C(CSc1nnc(-c2cccnc2)o1)Nc1cccc(Br)c1. The van der Waals surface area contributed by atoms with Crippen LogP contribution in [-0.4, -0.2) is 26.8 Å². The maximum Gasteiger partial charge on any atom is 0.277 e. The number of pyridine rings is 1. The van der Waals surface area contributed by atoms with Gasteiger partial charge in [-0.25, -0.2) is 0 Å². The van der Waals surface area contributed by atoms with Crippen molar-refractivity contribution < 1.29 is 9.21 Å². The summed E-state index contributed by atoms with van der Waals surface area (Å²) >= 11 is 4.54. The van der Waals surface area contributed by atoms with Crippen LogP contribution < -0.4 is 5.32 Å². The smallest absolute Gasteiger partial charge is 0.277 e. The van der Waals surface area contributed by atoms with Crippen molar-refractivity contribution in [2.75, 3.05) is 11.1 Å². The number of anilines is 1. The lowest BCUT2D eigenvalue weighted by molar-refractivity contribution is -0.113. The van der Waals surface area contributed by atoms with E-state index in [4.69, 9.17) is 4.42 Å². The van der Waals surface area contributed by atoms with Crippen molar-refractivity contribution in [2.24, 2.45) is 0 Å². The molecule has 0 radical (unpaired) electrons. The number of halogens is 1. The number of nitrogens with one attached hydrogen (secondary N) is 1. The Hall–Kier alpha value is -2.19. The predicted molar refractivity (Wildman–Crippen MR) is 91.0 cm³/mol. The van der Waals surface area contributed by atoms with E-state index >= 15 is 0 Å². The molecule has 0 bridgehead atoms. The Balaban J connectivity index is 1.56. The Morgan fingerprint density at radius 1 is 1.26 bits per heavy atom. The second-order valence-electron chi connectivity index (χ2n) is 4.46. The van der Waals surface area contributed by atoms with Crippen molar-refractivity contribution in [3.63, 3.8) is 0 Å². The van der Waals surface area contributed by atoms with Crippen molar-refractivity contribution in [3.8, 4) is 11.5 Å². The highest BCUT2D eigenvalue weighted by Gasteiger charge is 2.11. The van der Waals surface area contributed by atoms with Gasteiger partial charge in [-0.05, 0) is 30.3 Å². The molecule has 0 aliphatic heterocycles. The van der Waals surface area contributed by atoms with Crippen LogP contribution >= 0.6 is 27.7 Å². The molecule has 2 aromatic heterocycles. The fourth-order valence-corrected chi connectivity index (χ4v) is 2.73. The maximum absolute atomic E-state index is 11.9. The zero-order valence-electron chi connectivity index (χ0n) is 11.8. The molecule has 1 aromatic carbocycles. The minimum atomic E-state index is -0.144. The van der Waals surface area contributed by atoms with E-state index in [9.17, 15) is 4.79 Å². The molecule has 8 heteroatoms. The van der Waals surface area contributed by atoms with E-state index < -0.39 is 0 Å². The molecule has 1 N–H and O–H groups in total. The van der Waals surface area contributed by atoms with Crippen molar-refractivity contribution in [1.82, 2.24) is 15.2 Å². The summed E-state index contributed by atoms with van der Waals surface area (Å²) in [6.07, 6.45) is 3.31. The molecule has 0 fully saturated rings. The lowest BCUT2D eigenvalue weighted by atomic mass is 10.3. The summed E-state index contributed by atoms with van der Waals surface area (Å²) < 4.78 is 6.41. The van der Waals surface area contributed by atoms with Crippen LogP contribution in [0.25, 0.3) is 11.5 Å². The lowest BCUT2D eigenvalue weighted by Gasteiger charge is -2.03. The van der Waals surface area contributed by atoms with Crippen molar-refractivity contribution in [3.05, 3.63) is 53.3 Å². The molecule has 23 heavy (non-hydrogen) atoms. The van der Waals surface area contributed by atoms with Gasteiger partial charge in [0, 0.05) is 22.6 Å². The molecule has 0 spiro atoms. The molecule has 0 aliphatic rings. The molecule has 2 heterocycles. The molecule has 3 rings (SSSR count). The molecular formula is C15H11BrN4O2S. The largest absolute Gasteiger partial charge is 0.411 e. The molecular weight excluding hydrogens is 380 g/mol. The number of amides is 1. The molecule has 0 saturated heterocycles. The van der Waals surface area contributed by atoms with E-state index in [-0.39, 0.29) is 11.7 Å². The minimum absolute atomic E-state index is 0.144. The summed E-state index contributed by atoms with van der Waals surface area (Å²) in [5, 5.41) is 11.0. The number of rotatable bonds is 5. The van der Waals surface area contributed by atoms with Crippen LogP contribution in [0.4, 0.5) is 5.69 Å². The number of benzene rings is 1. The second kappa shape index (κ2) is 7.38. The van der Waals surface area contributed by atoms with Crippen molar-refractivity contribution in [1.29, 1.82) is 0 Å². The first-order valence-electron chi connectivity index (χ1n) is 6.63. The predicted octanol–water partition coefficient (Wildman–Crippen LogP) is 3.62. The highest BCUT2D eigenvalue weighted by Crippen LogP contribution is 2.22. The number of hydrogen-bond acceptors (Lipinski definition) is 6. The first kappa shape index (κ1) is 15.7. The maximum atomic E-state index is 11.9. The first-order valence-corrected chi connectivity index (χ1v) is 8.41. The molecule has 0 unspecified atom stereocenters. The topological polar surface area (TPSA) is 80.9 Å². The molecule has 1 amide bonds. The van der Waals surface area contributed by atoms with E-state index in [0.717, 1.165) is 15.7 Å². The fraction of sp³-hybridized carbons (Fsp3) is 0.0667. The van der Waals surface area contributed by atoms with Gasteiger partial charge in [-0.1, -0.05) is 33.8 Å². The highest BCUT2D eigenvalue weighted by atomic mass is 79.9. The van der Waals surface area contributed by atoms with Gasteiger partial charge in [0.05, 0.1) is 11.3 Å². The normalized spacial score (nSPS) is 10.5. The van der Waals surface area contributed by atoms with Crippen LogP contribution in [0.2, 0.25) is 0 Å². The fourth-order valence-electron chi connectivity index (χ4n) is 1.76. The van der Waals surface area contributed by atoms with Crippen molar-refractivity contribution >= 4 is 39.3 Å². The second-order valence-corrected chi connectivity index (χ2v) is 6.30. The zero-order valence-corrected chi connectivity index (χ0v) is 14.2. The molecule has 3 aromatic rings. The third-order valence-electron chi connectivity index (χ3n) is 2.75. The molecule has 0 aliphatic carbocycles. The molecule has 0 saturated carbocycles. The third-order valence-corrected chi connectivity index (χ3v) is 4.06. The number of carbonyl (C=O) groups excluding carboxylic acids is 1. The number of nitrogens with zero attached hydrogens (tertiary/aromatic N) is 3. The molecule has 0 atom stereocenters. The first-order chi connectivity index (χ1) is 11.2. The standard InChI is InChI=1S/C15H11BrN4O2S/c16-11-4-1-5-12(7-11)18-13(21)9-23-15-20-19-14(22-15)10-3-2-6-17-8-10/h1-8H,9H2,(H,18,21). The summed E-state index contributed by atoms with van der Waals surface area (Å²) in [5.74, 6) is 0.420. The van der Waals surface area contributed by atoms with Gasteiger partial charge in [-0.3, -0.25) is 9.78 Å². The Labute approximate surface area is 144 Å². The summed E-state index contributed by atoms with van der Waals surface area (Å²) in [5.41, 5.74) is 1.47. The van der Waals surface area contributed by atoms with Crippen LogP contribution in [0.5, 0.6) is 0 Å². The third kappa shape index (κ3) is 4.40. The molecule has 6 nitrogen and oxygen atoms in total. The summed E-state index contributed by atoms with van der Waals surface area (Å²) in [4.78, 5) is 15.9. The van der Waals surface area contributed by atoms with E-state index in [1.165, 1.54) is 11.8 Å². The minimum Gasteiger partial charge on any atom is -0.411 e. The quantitative estimate of drug-likeness (QED) is 0.669. The number of thioether (sulfide) groups is 1. The number of hydrogen-bond donors (Lipinski definition) is 1. The zero-order chi connectivity index (χ0) is 16.1. The van der Waals surface area contributed by atoms with Gasteiger partial charge in [0.15, 0.2) is 0 Å². The Kier molecular flexibility index (Phi) is 5.04. The van der Waals surface area contributed by atoms with Gasteiger partial charge in [-0.2, -0.15) is 0 Å². The van der Waals surface area contributed by atoms with Crippen LogP contribution in [-0.2, 0) is 4.79 Å². The van der Waals surface area contributed by atoms with Crippen molar-refractivity contribution in [2.45, 2.75) is 5.22 Å². The van der Waals surface area contributed by atoms with Crippen LogP contribution in [0.15, 0.2) is 62.9 Å². The number of aromatic nitrogens is 3. The van der Waals surface area contributed by atoms with E-state index in [0.29, 0.717) is 11.1 Å². The van der Waals surface area contributed by atoms with Gasteiger partial charge in [0.2, 0.25) is 11.8 Å². The van der Waals surface area contributed by atoms with Gasteiger partial charge >= 0.3 is 0 Å². The van der Waals surface area contributed by atoms with Crippen LogP contribution in [0.1, 0.15) is 0 Å². The van der Waals surface area contributed by atoms with E-state index in [1.807, 2.05) is 30.3 Å². The average molecular weight is 391 g/mol. The van der Waals surface area contributed by atoms with E-state index in [1.54, 1.807) is 18.5 Å². The number of carbonyl (C=O) groups is 1. The Morgan fingerprint density at radius 3 is 2.96 bits per heavy atom. The average Bonchev–Trinajstić information content (AvgIpc) is 3.03. The van der Waals surface area contributed by atoms with Crippen LogP contribution in [0, 0.1) is 0 Å². The summed E-state index contributed by atoms with van der Waals surface area (Å²) in [7, 11) is 0. The summed E-state index contributed by atoms with van der Waals surface area (Å²) in [6, 6.07) is 11.0. The monoisotopic (exact) mass is 390 g/mol. The van der Waals surface area contributed by atoms with Crippen LogP contribution in [0.3, 0.4) is 0 Å². The Bertz CT molecular complexity index is 810. The van der Waals surface area contributed by atoms with E-state index in [2.05, 4.69) is 36.4 Å².